The first-order chi connectivity index (χ1) is 14.0. The van der Waals surface area contributed by atoms with E-state index in [1.54, 1.807) is 34.3 Å². The van der Waals surface area contributed by atoms with E-state index in [-0.39, 0.29) is 5.91 Å². The molecule has 1 fully saturated rings. The highest BCUT2D eigenvalue weighted by atomic mass is 32.2. The van der Waals surface area contributed by atoms with Crippen LogP contribution in [0.15, 0.2) is 53.4 Å². The van der Waals surface area contributed by atoms with Crippen molar-refractivity contribution in [1.29, 1.82) is 0 Å². The molecule has 2 aliphatic heterocycles. The number of rotatable bonds is 3. The maximum atomic E-state index is 13.3. The van der Waals surface area contributed by atoms with Crippen molar-refractivity contribution in [3.63, 3.8) is 0 Å². The Morgan fingerprint density at radius 2 is 1.59 bits per heavy atom. The summed E-state index contributed by atoms with van der Waals surface area (Å²) in [5, 5.41) is 0. The summed E-state index contributed by atoms with van der Waals surface area (Å²) < 4.78 is 28.1. The first-order valence-corrected chi connectivity index (χ1v) is 11.6. The Morgan fingerprint density at radius 3 is 2.24 bits per heavy atom. The minimum absolute atomic E-state index is 0.00824. The molecule has 0 aromatic heterocycles. The van der Waals surface area contributed by atoms with Gasteiger partial charge in [0.05, 0.1) is 4.90 Å². The van der Waals surface area contributed by atoms with Crippen LogP contribution in [0.3, 0.4) is 0 Å². The Kier molecular flexibility index (Phi) is 5.61. The monoisotopic (exact) mass is 413 g/mol. The van der Waals surface area contributed by atoms with Crippen molar-refractivity contribution in [2.45, 2.75) is 31.1 Å². The van der Waals surface area contributed by atoms with Gasteiger partial charge in [0, 0.05) is 51.0 Å². The summed E-state index contributed by atoms with van der Waals surface area (Å²) in [5.74, 6) is -0.00824. The van der Waals surface area contributed by atoms with Crippen LogP contribution >= 0.6 is 0 Å². The SMILES string of the molecule is CC(=O)N1CCc2cc(S(=O)(=O)N3CCCN(c4ccccc4)CCC3)ccc21. The Morgan fingerprint density at radius 1 is 0.897 bits per heavy atom. The zero-order chi connectivity index (χ0) is 20.4. The van der Waals surface area contributed by atoms with Crippen molar-refractivity contribution in [2.24, 2.45) is 0 Å². The molecule has 0 aliphatic carbocycles. The molecule has 0 bridgehead atoms. The van der Waals surface area contributed by atoms with E-state index in [0.29, 0.717) is 31.0 Å². The lowest BCUT2D eigenvalue weighted by Gasteiger charge is -2.31. The maximum Gasteiger partial charge on any atom is 0.243 e. The summed E-state index contributed by atoms with van der Waals surface area (Å²) in [6.07, 6.45) is 2.28. The molecule has 6 nitrogen and oxygen atoms in total. The van der Waals surface area contributed by atoms with Gasteiger partial charge in [-0.15, -0.1) is 0 Å². The summed E-state index contributed by atoms with van der Waals surface area (Å²) in [6, 6.07) is 15.5. The number of nitrogens with zero attached hydrogens (tertiary/aromatic N) is 3. The van der Waals surface area contributed by atoms with Crippen molar-refractivity contribution >= 4 is 27.3 Å². The van der Waals surface area contributed by atoms with E-state index in [4.69, 9.17) is 0 Å². The number of anilines is 2. The third-order valence-electron chi connectivity index (χ3n) is 5.76. The lowest BCUT2D eigenvalue weighted by atomic mass is 10.2. The minimum atomic E-state index is -3.53. The number of hydrogen-bond acceptors (Lipinski definition) is 4. The van der Waals surface area contributed by atoms with Crippen LogP contribution < -0.4 is 9.80 Å². The molecule has 0 unspecified atom stereocenters. The quantitative estimate of drug-likeness (QED) is 0.776. The van der Waals surface area contributed by atoms with E-state index >= 15 is 0 Å². The fourth-order valence-electron chi connectivity index (χ4n) is 4.25. The van der Waals surface area contributed by atoms with Crippen LogP contribution in [0.2, 0.25) is 0 Å². The van der Waals surface area contributed by atoms with Crippen LogP contribution in [0.4, 0.5) is 11.4 Å². The predicted octanol–water partition coefficient (Wildman–Crippen LogP) is 2.89. The van der Waals surface area contributed by atoms with Crippen LogP contribution in [0.5, 0.6) is 0 Å². The van der Waals surface area contributed by atoms with Gasteiger partial charge in [-0.25, -0.2) is 8.42 Å². The number of fused-ring (bicyclic) bond motifs is 1. The predicted molar refractivity (Wildman–Crippen MR) is 115 cm³/mol. The molecule has 4 rings (SSSR count). The summed E-state index contributed by atoms with van der Waals surface area (Å²) in [7, 11) is -3.53. The highest BCUT2D eigenvalue weighted by Gasteiger charge is 2.29. The van der Waals surface area contributed by atoms with Gasteiger partial charge in [-0.05, 0) is 55.2 Å². The second kappa shape index (κ2) is 8.16. The van der Waals surface area contributed by atoms with E-state index in [1.165, 1.54) is 5.69 Å². The summed E-state index contributed by atoms with van der Waals surface area (Å²) in [4.78, 5) is 16.1. The largest absolute Gasteiger partial charge is 0.371 e. The molecule has 0 saturated carbocycles. The van der Waals surface area contributed by atoms with Crippen LogP contribution in [0.25, 0.3) is 0 Å². The van der Waals surface area contributed by atoms with Gasteiger partial charge in [0.2, 0.25) is 15.9 Å². The number of hydrogen-bond donors (Lipinski definition) is 0. The molecular weight excluding hydrogens is 386 g/mol. The standard InChI is InChI=1S/C22H27N3O3S/c1-18(26)25-16-11-19-17-21(9-10-22(19)25)29(27,28)24-14-5-12-23(13-6-15-24)20-7-3-2-4-8-20/h2-4,7-10,17H,5-6,11-16H2,1H3. The number of sulfonamides is 1. The average molecular weight is 414 g/mol. The van der Waals surface area contributed by atoms with Gasteiger partial charge >= 0.3 is 0 Å². The normalized spacial score (nSPS) is 18.2. The molecule has 2 aliphatic rings. The van der Waals surface area contributed by atoms with Gasteiger partial charge in [0.15, 0.2) is 0 Å². The molecule has 2 aromatic carbocycles. The molecule has 0 radical (unpaired) electrons. The summed E-state index contributed by atoms with van der Waals surface area (Å²) >= 11 is 0. The fraction of sp³-hybridized carbons (Fsp3) is 0.409. The average Bonchev–Trinajstić information content (AvgIpc) is 3.12. The highest BCUT2D eigenvalue weighted by Crippen LogP contribution is 2.31. The first-order valence-electron chi connectivity index (χ1n) is 10.2. The van der Waals surface area contributed by atoms with Crippen LogP contribution in [0.1, 0.15) is 25.3 Å². The van der Waals surface area contributed by atoms with Crippen molar-refractivity contribution in [3.05, 3.63) is 54.1 Å². The van der Waals surface area contributed by atoms with Crippen molar-refractivity contribution in [3.8, 4) is 0 Å². The van der Waals surface area contributed by atoms with E-state index in [0.717, 1.165) is 37.2 Å². The van der Waals surface area contributed by atoms with Gasteiger partial charge in [-0.3, -0.25) is 4.79 Å². The zero-order valence-electron chi connectivity index (χ0n) is 16.8. The molecule has 154 valence electrons. The van der Waals surface area contributed by atoms with Crippen molar-refractivity contribution in [2.75, 3.05) is 42.5 Å². The highest BCUT2D eigenvalue weighted by molar-refractivity contribution is 7.89. The van der Waals surface area contributed by atoms with Crippen LogP contribution in [-0.2, 0) is 21.2 Å². The van der Waals surface area contributed by atoms with E-state index in [1.807, 2.05) is 18.2 Å². The second-order valence-electron chi connectivity index (χ2n) is 7.64. The smallest absolute Gasteiger partial charge is 0.243 e. The number of benzene rings is 2. The second-order valence-corrected chi connectivity index (χ2v) is 9.58. The molecule has 29 heavy (non-hydrogen) atoms. The van der Waals surface area contributed by atoms with Gasteiger partial charge < -0.3 is 9.80 Å². The molecule has 2 heterocycles. The van der Waals surface area contributed by atoms with Crippen LogP contribution in [-0.4, -0.2) is 51.4 Å². The Balaban J connectivity index is 1.48. The molecule has 1 amide bonds. The lowest BCUT2D eigenvalue weighted by Crippen LogP contribution is -2.39. The molecule has 0 spiro atoms. The fourth-order valence-corrected chi connectivity index (χ4v) is 5.82. The maximum absolute atomic E-state index is 13.3. The lowest BCUT2D eigenvalue weighted by molar-refractivity contribution is -0.116. The third-order valence-corrected chi connectivity index (χ3v) is 7.65. The van der Waals surface area contributed by atoms with E-state index < -0.39 is 10.0 Å². The van der Waals surface area contributed by atoms with Gasteiger partial charge in [0.25, 0.3) is 0 Å². The van der Waals surface area contributed by atoms with E-state index in [9.17, 15) is 13.2 Å². The first kappa shape index (κ1) is 19.9. The molecule has 0 N–H and O–H groups in total. The number of carbonyl (C=O) groups is 1. The number of para-hydroxylation sites is 1. The minimum Gasteiger partial charge on any atom is -0.371 e. The topological polar surface area (TPSA) is 60.9 Å². The Bertz CT molecular complexity index is 982. The van der Waals surface area contributed by atoms with E-state index in [2.05, 4.69) is 17.0 Å². The summed E-state index contributed by atoms with van der Waals surface area (Å²) in [6.45, 7) is 4.87. The van der Waals surface area contributed by atoms with Gasteiger partial charge in [-0.2, -0.15) is 4.31 Å². The molecule has 0 atom stereocenters. The Labute approximate surface area is 172 Å². The van der Waals surface area contributed by atoms with Gasteiger partial charge in [0.1, 0.15) is 0 Å². The molecule has 7 heteroatoms. The molecular formula is C22H27N3O3S. The summed E-state index contributed by atoms with van der Waals surface area (Å²) in [5.41, 5.74) is 2.96. The molecule has 2 aromatic rings. The van der Waals surface area contributed by atoms with Gasteiger partial charge in [-0.1, -0.05) is 18.2 Å². The Hall–Kier alpha value is -2.38. The van der Waals surface area contributed by atoms with Crippen molar-refractivity contribution in [1.82, 2.24) is 4.31 Å². The van der Waals surface area contributed by atoms with Crippen LogP contribution in [0, 0.1) is 0 Å². The zero-order valence-corrected chi connectivity index (χ0v) is 17.6. The third kappa shape index (κ3) is 4.02. The molecule has 1 saturated heterocycles. The van der Waals surface area contributed by atoms with Crippen molar-refractivity contribution < 1.29 is 13.2 Å². The number of carbonyl (C=O) groups excluding carboxylic acids is 1. The number of amides is 1.